The number of hydrogen-bond acceptors (Lipinski definition) is 5. The van der Waals surface area contributed by atoms with Crippen LogP contribution in [0.5, 0.6) is 0 Å². The molecule has 3 aromatic rings. The Morgan fingerprint density at radius 2 is 1.82 bits per heavy atom. The Bertz CT molecular complexity index is 1350. The van der Waals surface area contributed by atoms with Gasteiger partial charge in [0.05, 0.1) is 22.0 Å². The standard InChI is InChI=1S/C24H26ClN5O.C2HF3O2/c1-16-22(17(2)30(28-16)20-10-9-19(15-26)23(25)14-20)13-18-7-5-6-8-21(18)24(31)27-11-12-29(3)4;3-2(4,5)1(6)7/h5-10,14H,11-13H2,1-4H3,(H,27,31);(H,6,7). The number of rotatable bonds is 7. The molecular formula is C26H27ClF3N5O3. The maximum atomic E-state index is 12.7. The monoisotopic (exact) mass is 549 g/mol. The third-order valence-electron chi connectivity index (χ3n) is 5.48. The zero-order chi connectivity index (χ0) is 28.6. The first-order chi connectivity index (χ1) is 17.8. The number of carboxylic acid groups (broad SMARTS) is 1. The Morgan fingerprint density at radius 1 is 1.18 bits per heavy atom. The summed E-state index contributed by atoms with van der Waals surface area (Å²) in [4.78, 5) is 23.7. The highest BCUT2D eigenvalue weighted by Gasteiger charge is 2.38. The molecule has 0 saturated carbocycles. The fourth-order valence-electron chi connectivity index (χ4n) is 3.48. The van der Waals surface area contributed by atoms with Crippen molar-refractivity contribution in [1.29, 1.82) is 5.26 Å². The van der Waals surface area contributed by atoms with Crippen molar-refractivity contribution in [2.24, 2.45) is 0 Å². The number of aromatic nitrogens is 2. The molecule has 1 aromatic heterocycles. The Labute approximate surface area is 223 Å². The molecule has 2 aromatic carbocycles. The van der Waals surface area contributed by atoms with Gasteiger partial charge in [-0.15, -0.1) is 0 Å². The third kappa shape index (κ3) is 8.06. The molecule has 38 heavy (non-hydrogen) atoms. The van der Waals surface area contributed by atoms with Gasteiger partial charge in [0.1, 0.15) is 6.07 Å². The molecule has 12 heteroatoms. The lowest BCUT2D eigenvalue weighted by Crippen LogP contribution is -2.31. The number of amides is 1. The number of nitriles is 1. The second-order valence-corrected chi connectivity index (χ2v) is 8.94. The number of hydrogen-bond donors (Lipinski definition) is 2. The van der Waals surface area contributed by atoms with E-state index in [0.717, 1.165) is 34.7 Å². The van der Waals surface area contributed by atoms with Gasteiger partial charge in [-0.1, -0.05) is 29.8 Å². The first-order valence-corrected chi connectivity index (χ1v) is 11.7. The molecule has 0 aliphatic heterocycles. The fourth-order valence-corrected chi connectivity index (χ4v) is 3.70. The summed E-state index contributed by atoms with van der Waals surface area (Å²) in [5.41, 5.74) is 5.78. The van der Waals surface area contributed by atoms with Gasteiger partial charge in [0.2, 0.25) is 0 Å². The van der Waals surface area contributed by atoms with Crippen LogP contribution in [0.2, 0.25) is 5.02 Å². The van der Waals surface area contributed by atoms with Gasteiger partial charge >= 0.3 is 12.1 Å². The first kappa shape index (κ1) is 30.3. The van der Waals surface area contributed by atoms with Gasteiger partial charge in [-0.05, 0) is 57.8 Å². The van der Waals surface area contributed by atoms with Crippen LogP contribution in [0.1, 0.15) is 38.4 Å². The number of nitrogens with zero attached hydrogens (tertiary/aromatic N) is 4. The summed E-state index contributed by atoms with van der Waals surface area (Å²) in [6.07, 6.45) is -4.49. The number of benzene rings is 2. The molecule has 0 saturated heterocycles. The van der Waals surface area contributed by atoms with E-state index in [1.54, 1.807) is 12.1 Å². The van der Waals surface area contributed by atoms with E-state index in [0.29, 0.717) is 29.1 Å². The molecule has 1 amide bonds. The summed E-state index contributed by atoms with van der Waals surface area (Å²) in [7, 11) is 3.95. The zero-order valence-electron chi connectivity index (χ0n) is 21.2. The highest BCUT2D eigenvalue weighted by atomic mass is 35.5. The molecule has 0 unspecified atom stereocenters. The zero-order valence-corrected chi connectivity index (χ0v) is 22.0. The van der Waals surface area contributed by atoms with E-state index in [2.05, 4.69) is 16.5 Å². The lowest BCUT2D eigenvalue weighted by Gasteiger charge is -2.13. The van der Waals surface area contributed by atoms with E-state index in [4.69, 9.17) is 26.8 Å². The van der Waals surface area contributed by atoms with Crippen LogP contribution >= 0.6 is 11.6 Å². The van der Waals surface area contributed by atoms with Gasteiger partial charge in [0.25, 0.3) is 5.91 Å². The summed E-state index contributed by atoms with van der Waals surface area (Å²) in [6.45, 7) is 5.34. The topological polar surface area (TPSA) is 111 Å². The highest BCUT2D eigenvalue weighted by Crippen LogP contribution is 2.25. The summed E-state index contributed by atoms with van der Waals surface area (Å²) in [5, 5.41) is 24.3. The van der Waals surface area contributed by atoms with Crippen molar-refractivity contribution >= 4 is 23.5 Å². The smallest absolute Gasteiger partial charge is 0.475 e. The highest BCUT2D eigenvalue weighted by molar-refractivity contribution is 6.31. The van der Waals surface area contributed by atoms with Crippen LogP contribution in [0.4, 0.5) is 13.2 Å². The number of alkyl halides is 3. The Morgan fingerprint density at radius 3 is 2.37 bits per heavy atom. The van der Waals surface area contributed by atoms with Crippen molar-refractivity contribution in [3.05, 3.63) is 81.1 Å². The molecule has 0 radical (unpaired) electrons. The van der Waals surface area contributed by atoms with Crippen molar-refractivity contribution in [2.45, 2.75) is 26.4 Å². The average Bonchev–Trinajstić information content (AvgIpc) is 3.12. The second-order valence-electron chi connectivity index (χ2n) is 8.53. The maximum Gasteiger partial charge on any atom is 0.490 e. The average molecular weight is 550 g/mol. The molecule has 2 N–H and O–H groups in total. The predicted molar refractivity (Wildman–Crippen MR) is 137 cm³/mol. The number of likely N-dealkylation sites (N-methyl/N-ethyl adjacent to an activating group) is 1. The Balaban J connectivity index is 0.000000638. The van der Waals surface area contributed by atoms with Gasteiger partial charge in [-0.2, -0.15) is 23.5 Å². The SMILES string of the molecule is Cc1nn(-c2ccc(C#N)c(Cl)c2)c(C)c1Cc1ccccc1C(=O)NCCN(C)C.O=C(O)C(F)(F)F. The van der Waals surface area contributed by atoms with Crippen molar-refractivity contribution < 1.29 is 27.9 Å². The lowest BCUT2D eigenvalue weighted by molar-refractivity contribution is -0.192. The van der Waals surface area contributed by atoms with Crippen LogP contribution in [-0.4, -0.2) is 65.0 Å². The molecule has 3 rings (SSSR count). The number of carbonyl (C=O) groups is 2. The van der Waals surface area contributed by atoms with E-state index in [9.17, 15) is 18.0 Å². The van der Waals surface area contributed by atoms with Crippen LogP contribution in [0.3, 0.4) is 0 Å². The molecule has 0 spiro atoms. The quantitative estimate of drug-likeness (QED) is 0.448. The largest absolute Gasteiger partial charge is 0.490 e. The van der Waals surface area contributed by atoms with E-state index in [1.165, 1.54) is 0 Å². The summed E-state index contributed by atoms with van der Waals surface area (Å²) in [5.74, 6) is -2.83. The normalized spacial score (nSPS) is 10.9. The summed E-state index contributed by atoms with van der Waals surface area (Å²) >= 11 is 6.21. The number of nitrogens with one attached hydrogen (secondary N) is 1. The molecule has 0 atom stereocenters. The molecule has 1 heterocycles. The van der Waals surface area contributed by atoms with Crippen molar-refractivity contribution in [3.63, 3.8) is 0 Å². The van der Waals surface area contributed by atoms with Crippen molar-refractivity contribution in [2.75, 3.05) is 27.2 Å². The predicted octanol–water partition coefficient (Wildman–Crippen LogP) is 4.53. The van der Waals surface area contributed by atoms with E-state index < -0.39 is 12.1 Å². The Hall–Kier alpha value is -3.88. The molecule has 202 valence electrons. The molecule has 0 aliphatic carbocycles. The molecule has 8 nitrogen and oxygen atoms in total. The second kappa shape index (κ2) is 13.1. The Kier molecular flexibility index (Phi) is 10.4. The number of aliphatic carboxylic acids is 1. The maximum absolute atomic E-state index is 12.7. The fraction of sp³-hybridized carbons (Fsp3) is 0.308. The van der Waals surface area contributed by atoms with Gasteiger partial charge in [0, 0.05) is 36.3 Å². The minimum atomic E-state index is -5.08. The molecule has 0 fully saturated rings. The van der Waals surface area contributed by atoms with Crippen molar-refractivity contribution in [1.82, 2.24) is 20.0 Å². The van der Waals surface area contributed by atoms with Gasteiger partial charge < -0.3 is 15.3 Å². The lowest BCUT2D eigenvalue weighted by atomic mass is 9.98. The summed E-state index contributed by atoms with van der Waals surface area (Å²) in [6, 6.07) is 15.0. The van der Waals surface area contributed by atoms with Gasteiger partial charge in [-0.3, -0.25) is 4.79 Å². The van der Waals surface area contributed by atoms with Crippen LogP contribution in [-0.2, 0) is 11.2 Å². The van der Waals surface area contributed by atoms with Crippen LogP contribution in [0.15, 0.2) is 42.5 Å². The first-order valence-electron chi connectivity index (χ1n) is 11.3. The molecule has 0 bridgehead atoms. The summed E-state index contributed by atoms with van der Waals surface area (Å²) < 4.78 is 33.6. The third-order valence-corrected chi connectivity index (χ3v) is 5.79. The van der Waals surface area contributed by atoms with Crippen LogP contribution in [0.25, 0.3) is 5.69 Å². The van der Waals surface area contributed by atoms with Crippen LogP contribution in [0, 0.1) is 25.2 Å². The van der Waals surface area contributed by atoms with E-state index >= 15 is 0 Å². The van der Waals surface area contributed by atoms with Gasteiger partial charge in [0.15, 0.2) is 0 Å². The number of carboxylic acids is 1. The van der Waals surface area contributed by atoms with E-state index in [-0.39, 0.29) is 5.91 Å². The van der Waals surface area contributed by atoms with Crippen molar-refractivity contribution in [3.8, 4) is 11.8 Å². The van der Waals surface area contributed by atoms with Gasteiger partial charge in [-0.25, -0.2) is 9.48 Å². The number of aryl methyl sites for hydroxylation is 1. The minimum Gasteiger partial charge on any atom is -0.475 e. The van der Waals surface area contributed by atoms with Crippen LogP contribution < -0.4 is 5.32 Å². The number of carbonyl (C=O) groups excluding carboxylic acids is 1. The molecular weight excluding hydrogens is 523 g/mol. The molecule has 0 aliphatic rings. The van der Waals surface area contributed by atoms with E-state index in [1.807, 2.05) is 67.9 Å². The number of halogens is 4. The minimum absolute atomic E-state index is 0.0703.